The number of piperidine rings is 1. The van der Waals surface area contributed by atoms with Crippen molar-refractivity contribution in [3.8, 4) is 0 Å². The van der Waals surface area contributed by atoms with Gasteiger partial charge in [0.25, 0.3) is 0 Å². The van der Waals surface area contributed by atoms with Gasteiger partial charge in [0.15, 0.2) is 5.82 Å². The van der Waals surface area contributed by atoms with Gasteiger partial charge in [0.1, 0.15) is 4.90 Å². The van der Waals surface area contributed by atoms with Crippen LogP contribution in [0.3, 0.4) is 0 Å². The lowest BCUT2D eigenvalue weighted by Gasteiger charge is -2.40. The molecule has 1 aromatic carbocycles. The van der Waals surface area contributed by atoms with Gasteiger partial charge < -0.3 is 4.52 Å². The second-order valence-electron chi connectivity index (χ2n) is 7.44. The second kappa shape index (κ2) is 6.62. The van der Waals surface area contributed by atoms with Crippen molar-refractivity contribution in [2.75, 3.05) is 13.1 Å². The number of hydrogen-bond acceptors (Lipinski definition) is 5. The Labute approximate surface area is 158 Å². The van der Waals surface area contributed by atoms with E-state index in [0.717, 1.165) is 19.3 Å². The first-order chi connectivity index (χ1) is 12.4. The summed E-state index contributed by atoms with van der Waals surface area (Å²) in [5.41, 5.74) is -0.383. The molecule has 0 N–H and O–H groups in total. The Bertz CT molecular complexity index is 910. The van der Waals surface area contributed by atoms with Crippen LogP contribution in [0.25, 0.3) is 0 Å². The minimum Gasteiger partial charge on any atom is -0.340 e. The summed E-state index contributed by atoms with van der Waals surface area (Å²) in [5.74, 6) is 1.78. The van der Waals surface area contributed by atoms with Crippen molar-refractivity contribution in [1.82, 2.24) is 14.4 Å². The van der Waals surface area contributed by atoms with Crippen LogP contribution >= 0.6 is 11.6 Å². The van der Waals surface area contributed by atoms with Crippen LogP contribution in [0.5, 0.6) is 0 Å². The summed E-state index contributed by atoms with van der Waals surface area (Å²) in [4.78, 5) is 4.63. The molecule has 1 saturated carbocycles. The van der Waals surface area contributed by atoms with Gasteiger partial charge in [0.05, 0.1) is 5.02 Å². The largest absolute Gasteiger partial charge is 0.340 e. The zero-order valence-corrected chi connectivity index (χ0v) is 16.3. The van der Waals surface area contributed by atoms with Crippen molar-refractivity contribution in [3.63, 3.8) is 0 Å². The van der Waals surface area contributed by atoms with Crippen molar-refractivity contribution < 1.29 is 12.9 Å². The highest BCUT2D eigenvalue weighted by molar-refractivity contribution is 7.89. The summed E-state index contributed by atoms with van der Waals surface area (Å²) >= 11 is 6.17. The molecule has 1 aliphatic heterocycles. The van der Waals surface area contributed by atoms with Gasteiger partial charge in [-0.3, -0.25) is 0 Å². The van der Waals surface area contributed by atoms with E-state index >= 15 is 0 Å². The molecule has 0 bridgehead atoms. The molecule has 2 heterocycles. The third-order valence-electron chi connectivity index (χ3n) is 5.37. The molecule has 2 aromatic rings. The minimum absolute atomic E-state index is 0.160. The lowest BCUT2D eigenvalue weighted by molar-refractivity contribution is 0.190. The van der Waals surface area contributed by atoms with Gasteiger partial charge in [0.2, 0.25) is 15.9 Å². The fraction of sp³-hybridized carbons (Fsp3) is 0.556. The molecular formula is C18H22ClN3O3S. The monoisotopic (exact) mass is 395 g/mol. The van der Waals surface area contributed by atoms with E-state index in [-0.39, 0.29) is 15.3 Å². The van der Waals surface area contributed by atoms with Crippen LogP contribution in [0.4, 0.5) is 0 Å². The Hall–Kier alpha value is -1.44. The quantitative estimate of drug-likeness (QED) is 0.773. The van der Waals surface area contributed by atoms with Crippen LogP contribution in [0.1, 0.15) is 43.8 Å². The molecule has 0 radical (unpaired) electrons. The van der Waals surface area contributed by atoms with E-state index in [1.54, 1.807) is 35.5 Å². The Morgan fingerprint density at radius 1 is 1.35 bits per heavy atom. The summed E-state index contributed by atoms with van der Waals surface area (Å²) in [5, 5.41) is 4.42. The van der Waals surface area contributed by atoms with E-state index < -0.39 is 10.0 Å². The molecule has 1 saturated heterocycles. The van der Waals surface area contributed by atoms with Crippen molar-refractivity contribution in [2.45, 2.75) is 49.3 Å². The molecule has 2 aliphatic rings. The lowest BCUT2D eigenvalue weighted by atomic mass is 9.75. The number of halogens is 1. The summed E-state index contributed by atoms with van der Waals surface area (Å²) in [6, 6.07) is 6.60. The molecule has 8 heteroatoms. The molecule has 0 unspecified atom stereocenters. The molecule has 6 nitrogen and oxygen atoms in total. The Balaban J connectivity index is 1.69. The SMILES string of the molecule is Cc1nc([C@@]2(CC3CC3)CCCN(S(=O)(=O)c3ccccc3Cl)C2)no1. The van der Waals surface area contributed by atoms with Crippen molar-refractivity contribution in [3.05, 3.63) is 41.0 Å². The van der Waals surface area contributed by atoms with E-state index in [9.17, 15) is 8.42 Å². The maximum Gasteiger partial charge on any atom is 0.244 e. The maximum absolute atomic E-state index is 13.2. The van der Waals surface area contributed by atoms with Crippen LogP contribution in [-0.4, -0.2) is 36.0 Å². The van der Waals surface area contributed by atoms with E-state index in [1.807, 2.05) is 0 Å². The number of aryl methyl sites for hydroxylation is 1. The van der Waals surface area contributed by atoms with Gasteiger partial charge in [-0.2, -0.15) is 9.29 Å². The molecule has 4 rings (SSSR count). The Morgan fingerprint density at radius 3 is 2.77 bits per heavy atom. The lowest BCUT2D eigenvalue weighted by Crippen LogP contribution is -2.49. The van der Waals surface area contributed by atoms with Crippen LogP contribution in [0, 0.1) is 12.8 Å². The van der Waals surface area contributed by atoms with Crippen molar-refractivity contribution in [1.29, 1.82) is 0 Å². The summed E-state index contributed by atoms with van der Waals surface area (Å²) in [7, 11) is -3.67. The maximum atomic E-state index is 13.2. The fourth-order valence-corrected chi connectivity index (χ4v) is 5.98. The minimum atomic E-state index is -3.67. The number of benzene rings is 1. The van der Waals surface area contributed by atoms with Gasteiger partial charge >= 0.3 is 0 Å². The zero-order valence-electron chi connectivity index (χ0n) is 14.7. The van der Waals surface area contributed by atoms with Crippen LogP contribution < -0.4 is 0 Å². The Morgan fingerprint density at radius 2 is 2.12 bits per heavy atom. The summed E-state index contributed by atoms with van der Waals surface area (Å²) in [6.07, 6.45) is 4.92. The average molecular weight is 396 g/mol. The van der Waals surface area contributed by atoms with E-state index in [2.05, 4.69) is 10.1 Å². The van der Waals surface area contributed by atoms with Crippen LogP contribution in [0.2, 0.25) is 5.02 Å². The first-order valence-corrected chi connectivity index (χ1v) is 10.8. The van der Waals surface area contributed by atoms with Crippen molar-refractivity contribution in [2.24, 2.45) is 5.92 Å². The van der Waals surface area contributed by atoms with Crippen molar-refractivity contribution >= 4 is 21.6 Å². The third-order valence-corrected chi connectivity index (χ3v) is 7.72. The molecular weight excluding hydrogens is 374 g/mol. The molecule has 0 amide bonds. The number of rotatable bonds is 5. The van der Waals surface area contributed by atoms with E-state index in [4.69, 9.17) is 16.1 Å². The summed E-state index contributed by atoms with van der Waals surface area (Å²) < 4.78 is 33.2. The van der Waals surface area contributed by atoms with Gasteiger partial charge in [-0.05, 0) is 37.3 Å². The Kier molecular flexibility index (Phi) is 4.57. The normalized spacial score (nSPS) is 24.7. The van der Waals surface area contributed by atoms with Gasteiger partial charge in [-0.15, -0.1) is 0 Å². The molecule has 1 aromatic heterocycles. The van der Waals surface area contributed by atoms with E-state index in [1.165, 1.54) is 12.8 Å². The molecule has 0 spiro atoms. The predicted molar refractivity (Wildman–Crippen MR) is 97.5 cm³/mol. The van der Waals surface area contributed by atoms with Crippen LogP contribution in [-0.2, 0) is 15.4 Å². The number of aromatic nitrogens is 2. The van der Waals surface area contributed by atoms with E-state index in [0.29, 0.717) is 30.7 Å². The average Bonchev–Trinajstić information content (AvgIpc) is 3.31. The summed E-state index contributed by atoms with van der Waals surface area (Å²) in [6.45, 7) is 2.62. The molecule has 2 fully saturated rings. The van der Waals surface area contributed by atoms with Gasteiger partial charge in [-0.25, -0.2) is 8.42 Å². The number of hydrogen-bond donors (Lipinski definition) is 0. The topological polar surface area (TPSA) is 76.3 Å². The molecule has 1 atom stereocenters. The number of nitrogens with zero attached hydrogens (tertiary/aromatic N) is 3. The second-order valence-corrected chi connectivity index (χ2v) is 9.75. The van der Waals surface area contributed by atoms with Gasteiger partial charge in [-0.1, -0.05) is 41.7 Å². The smallest absolute Gasteiger partial charge is 0.244 e. The highest BCUT2D eigenvalue weighted by Gasteiger charge is 2.47. The first-order valence-electron chi connectivity index (χ1n) is 8.96. The predicted octanol–water partition coefficient (Wildman–Crippen LogP) is 3.55. The highest BCUT2D eigenvalue weighted by Crippen LogP contribution is 2.46. The first kappa shape index (κ1) is 17.9. The molecule has 26 heavy (non-hydrogen) atoms. The standard InChI is InChI=1S/C18H22ClN3O3S/c1-13-20-17(21-25-13)18(11-14-7-8-14)9-4-10-22(12-18)26(23,24)16-6-3-2-5-15(16)19/h2-3,5-6,14H,4,7-12H2,1H3/t18-/m1/s1. The highest BCUT2D eigenvalue weighted by atomic mass is 35.5. The molecule has 1 aliphatic carbocycles. The number of sulfonamides is 1. The van der Waals surface area contributed by atoms with Crippen LogP contribution in [0.15, 0.2) is 33.7 Å². The fourth-order valence-electron chi connectivity index (χ4n) is 3.92. The third kappa shape index (κ3) is 3.28. The zero-order chi connectivity index (χ0) is 18.4. The molecule has 140 valence electrons. The van der Waals surface area contributed by atoms with Gasteiger partial charge in [0, 0.05) is 25.4 Å².